The van der Waals surface area contributed by atoms with Gasteiger partial charge in [0.1, 0.15) is 5.69 Å². The second-order valence-corrected chi connectivity index (χ2v) is 11.2. The summed E-state index contributed by atoms with van der Waals surface area (Å²) in [6, 6.07) is 17.3. The van der Waals surface area contributed by atoms with Crippen molar-refractivity contribution in [2.24, 2.45) is 11.8 Å². The Balaban J connectivity index is 1.57. The number of nitrogens with one attached hydrogen (secondary N) is 4. The molecule has 1 saturated heterocycles. The van der Waals surface area contributed by atoms with Crippen LogP contribution in [0, 0.1) is 17.2 Å². The quantitative estimate of drug-likeness (QED) is 0.162. The molecule has 11 heteroatoms. The molecule has 2 aromatic carbocycles. The van der Waals surface area contributed by atoms with Crippen LogP contribution in [0.5, 0.6) is 0 Å². The number of amides is 1. The Bertz CT molecular complexity index is 1370. The standard InChI is InChI=1S/C30H36ClN7O3/c1-19-10-12-20(13-11-19)17-33-26-25(22-8-5-9-23(31)16-22)34-29(27(32)35-30(39)40)36-28(26)37-38-14-15-41-18-24(38)21-6-3-2-4-7-21/h2-9,16,19-20,24,33H,10-15,17-18H2,1H3,(H2,32,35)(H,39,40)(H,34,36,37)/t19-,20-,24-/m0/s1. The van der Waals surface area contributed by atoms with Crippen molar-refractivity contribution >= 4 is 35.0 Å². The van der Waals surface area contributed by atoms with Gasteiger partial charge in [0.05, 0.1) is 24.9 Å². The van der Waals surface area contributed by atoms with Crippen molar-refractivity contribution in [3.63, 3.8) is 0 Å². The topological polar surface area (TPSA) is 135 Å². The van der Waals surface area contributed by atoms with Gasteiger partial charge in [-0.2, -0.15) is 0 Å². The van der Waals surface area contributed by atoms with Crippen molar-refractivity contribution in [3.05, 3.63) is 71.0 Å². The second-order valence-electron chi connectivity index (χ2n) is 10.7. The zero-order chi connectivity index (χ0) is 28.8. The van der Waals surface area contributed by atoms with Crippen molar-refractivity contribution in [3.8, 4) is 11.3 Å². The molecular formula is C30H36ClN7O3. The molecular weight excluding hydrogens is 542 g/mol. The smallest absolute Gasteiger partial charge is 0.410 e. The number of hydrazine groups is 1. The zero-order valence-electron chi connectivity index (χ0n) is 23.1. The monoisotopic (exact) mass is 577 g/mol. The van der Waals surface area contributed by atoms with Gasteiger partial charge in [0.25, 0.3) is 0 Å². The lowest BCUT2D eigenvalue weighted by Gasteiger charge is -2.37. The normalized spacial score (nSPS) is 21.2. The first-order valence-corrected chi connectivity index (χ1v) is 14.4. The summed E-state index contributed by atoms with van der Waals surface area (Å²) in [6.07, 6.45) is 3.35. The number of carboxylic acid groups (broad SMARTS) is 1. The van der Waals surface area contributed by atoms with E-state index in [-0.39, 0.29) is 11.9 Å². The molecule has 3 aromatic rings. The molecule has 1 saturated carbocycles. The van der Waals surface area contributed by atoms with Crippen molar-refractivity contribution < 1.29 is 14.6 Å². The van der Waals surface area contributed by atoms with Crippen LogP contribution in [0.25, 0.3) is 11.3 Å². The molecule has 10 nitrogen and oxygen atoms in total. The summed E-state index contributed by atoms with van der Waals surface area (Å²) in [6.45, 7) is 4.68. The van der Waals surface area contributed by atoms with Crippen LogP contribution >= 0.6 is 11.6 Å². The van der Waals surface area contributed by atoms with Gasteiger partial charge >= 0.3 is 6.09 Å². The summed E-state index contributed by atoms with van der Waals surface area (Å²) in [5.41, 5.74) is 6.53. The van der Waals surface area contributed by atoms with Gasteiger partial charge < -0.3 is 20.6 Å². The summed E-state index contributed by atoms with van der Waals surface area (Å²) in [5, 5.41) is 26.0. The van der Waals surface area contributed by atoms with E-state index in [2.05, 4.69) is 50.1 Å². The molecule has 2 heterocycles. The molecule has 1 aromatic heterocycles. The van der Waals surface area contributed by atoms with Gasteiger partial charge in [-0.15, -0.1) is 0 Å². The molecule has 1 aliphatic heterocycles. The number of hydrogen-bond acceptors (Lipinski definition) is 8. The number of anilines is 2. The highest BCUT2D eigenvalue weighted by molar-refractivity contribution is 6.30. The predicted octanol–water partition coefficient (Wildman–Crippen LogP) is 6.03. The lowest BCUT2D eigenvalue weighted by atomic mass is 9.83. The fourth-order valence-electron chi connectivity index (χ4n) is 5.43. The molecule has 41 heavy (non-hydrogen) atoms. The first kappa shape index (κ1) is 28.8. The van der Waals surface area contributed by atoms with Crippen molar-refractivity contribution in [2.75, 3.05) is 37.0 Å². The first-order valence-electron chi connectivity index (χ1n) is 14.0. The highest BCUT2D eigenvalue weighted by Crippen LogP contribution is 2.36. The predicted molar refractivity (Wildman–Crippen MR) is 160 cm³/mol. The Kier molecular flexibility index (Phi) is 9.33. The molecule has 1 aliphatic carbocycles. The lowest BCUT2D eigenvalue weighted by molar-refractivity contribution is 0.00424. The molecule has 5 N–H and O–H groups in total. The van der Waals surface area contributed by atoms with Crippen LogP contribution in [0.3, 0.4) is 0 Å². The number of rotatable bonds is 8. The van der Waals surface area contributed by atoms with Crippen LogP contribution in [-0.2, 0) is 4.74 Å². The fourth-order valence-corrected chi connectivity index (χ4v) is 5.62. The Labute approximate surface area is 245 Å². The largest absolute Gasteiger partial charge is 0.465 e. The number of morpholine rings is 1. The first-order chi connectivity index (χ1) is 19.9. The summed E-state index contributed by atoms with van der Waals surface area (Å²) in [7, 11) is 0. The van der Waals surface area contributed by atoms with E-state index >= 15 is 0 Å². The van der Waals surface area contributed by atoms with Crippen LogP contribution < -0.4 is 16.1 Å². The van der Waals surface area contributed by atoms with Gasteiger partial charge in [-0.05, 0) is 42.4 Å². The Hall–Kier alpha value is -3.73. The summed E-state index contributed by atoms with van der Waals surface area (Å²) >= 11 is 6.38. The second kappa shape index (κ2) is 13.3. The van der Waals surface area contributed by atoms with Crippen molar-refractivity contribution in [1.29, 1.82) is 5.41 Å². The minimum Gasteiger partial charge on any atom is -0.465 e. The number of amidine groups is 1. The van der Waals surface area contributed by atoms with Gasteiger partial charge in [-0.25, -0.2) is 19.8 Å². The van der Waals surface area contributed by atoms with Gasteiger partial charge in [0, 0.05) is 23.7 Å². The lowest BCUT2D eigenvalue weighted by Crippen LogP contribution is -2.43. The van der Waals surface area contributed by atoms with Gasteiger partial charge in [0.2, 0.25) is 0 Å². The number of benzene rings is 2. The summed E-state index contributed by atoms with van der Waals surface area (Å²) in [4.78, 5) is 20.7. The Morgan fingerprint density at radius 3 is 2.63 bits per heavy atom. The maximum absolute atomic E-state index is 11.4. The van der Waals surface area contributed by atoms with Crippen molar-refractivity contribution in [1.82, 2.24) is 20.3 Å². The van der Waals surface area contributed by atoms with E-state index in [1.165, 1.54) is 12.8 Å². The molecule has 2 aliphatic rings. The highest BCUT2D eigenvalue weighted by atomic mass is 35.5. The number of carbonyl (C=O) groups is 1. The Morgan fingerprint density at radius 2 is 1.90 bits per heavy atom. The van der Waals surface area contributed by atoms with Crippen LogP contribution in [0.15, 0.2) is 54.6 Å². The van der Waals surface area contributed by atoms with Crippen LogP contribution in [-0.4, -0.2) is 58.3 Å². The summed E-state index contributed by atoms with van der Waals surface area (Å²) in [5.74, 6) is 1.24. The number of aromatic nitrogens is 2. The van der Waals surface area contributed by atoms with E-state index in [1.54, 1.807) is 12.1 Å². The third-order valence-electron chi connectivity index (χ3n) is 7.73. The summed E-state index contributed by atoms with van der Waals surface area (Å²) < 4.78 is 5.83. The highest BCUT2D eigenvalue weighted by Gasteiger charge is 2.28. The molecule has 0 bridgehead atoms. The fraction of sp³-hybridized carbons (Fsp3) is 0.400. The molecule has 0 spiro atoms. The average molecular weight is 578 g/mol. The maximum atomic E-state index is 11.4. The van der Waals surface area contributed by atoms with E-state index in [1.807, 2.05) is 30.3 Å². The third-order valence-corrected chi connectivity index (χ3v) is 7.96. The van der Waals surface area contributed by atoms with Gasteiger partial charge in [-0.3, -0.25) is 10.7 Å². The molecule has 0 radical (unpaired) electrons. The number of halogens is 1. The molecule has 216 valence electrons. The van der Waals surface area contributed by atoms with Crippen molar-refractivity contribution in [2.45, 2.75) is 38.6 Å². The third kappa shape index (κ3) is 7.32. The van der Waals surface area contributed by atoms with E-state index in [4.69, 9.17) is 21.7 Å². The van der Waals surface area contributed by atoms with Gasteiger partial charge in [-0.1, -0.05) is 73.8 Å². The molecule has 1 atom stereocenters. The van der Waals surface area contributed by atoms with E-state index in [0.717, 1.165) is 36.4 Å². The Morgan fingerprint density at radius 1 is 1.12 bits per heavy atom. The average Bonchev–Trinajstić information content (AvgIpc) is 2.97. The minimum atomic E-state index is -1.36. The van der Waals surface area contributed by atoms with Crippen LogP contribution in [0.4, 0.5) is 16.3 Å². The van der Waals surface area contributed by atoms with E-state index in [0.29, 0.717) is 47.9 Å². The molecule has 1 amide bonds. The number of hydrogen-bond donors (Lipinski definition) is 5. The number of ether oxygens (including phenoxy) is 1. The van der Waals surface area contributed by atoms with Crippen LogP contribution in [0.2, 0.25) is 5.02 Å². The molecule has 5 rings (SSSR count). The molecule has 0 unspecified atom stereocenters. The van der Waals surface area contributed by atoms with Gasteiger partial charge in [0.15, 0.2) is 17.5 Å². The maximum Gasteiger partial charge on any atom is 0.410 e. The SMILES string of the molecule is C[C@H]1CC[C@H](CNc2c(NN3CCOC[C@H]3c3ccccc3)nc(C(=N)NC(=O)O)nc2-c2cccc(Cl)c2)CC1. The number of nitrogens with zero attached hydrogens (tertiary/aromatic N) is 3. The van der Waals surface area contributed by atoms with Crippen LogP contribution in [0.1, 0.15) is 50.0 Å². The van der Waals surface area contributed by atoms with E-state index in [9.17, 15) is 9.90 Å². The van der Waals surface area contributed by atoms with E-state index < -0.39 is 11.9 Å². The molecule has 2 fully saturated rings. The zero-order valence-corrected chi connectivity index (χ0v) is 23.8. The minimum absolute atomic E-state index is 0.0496.